The van der Waals surface area contributed by atoms with Gasteiger partial charge < -0.3 is 10.5 Å². The van der Waals surface area contributed by atoms with E-state index in [2.05, 4.69) is 0 Å². The minimum atomic E-state index is -5.13. The van der Waals surface area contributed by atoms with E-state index in [1.807, 2.05) is 0 Å². The molecule has 3 unspecified atom stereocenters. The van der Waals surface area contributed by atoms with Gasteiger partial charge in [-0.3, -0.25) is 4.90 Å². The molecule has 0 spiro atoms. The lowest BCUT2D eigenvalue weighted by molar-refractivity contribution is -0.143. The Morgan fingerprint density at radius 3 is 1.87 bits per heavy atom. The number of hydrogen-bond donors (Lipinski definition) is 1. The first-order valence-corrected chi connectivity index (χ1v) is 12.1. The van der Waals surface area contributed by atoms with E-state index in [1.54, 1.807) is 13.8 Å². The topological polar surface area (TPSA) is 55.6 Å². The Kier molecular flexibility index (Phi) is 7.37. The van der Waals surface area contributed by atoms with Gasteiger partial charge in [0.25, 0.3) is 0 Å². The van der Waals surface area contributed by atoms with E-state index in [0.717, 1.165) is 18.2 Å². The zero-order valence-corrected chi connectivity index (χ0v) is 20.7. The average molecular weight is 568 g/mol. The average Bonchev–Trinajstić information content (AvgIpc) is 3.65. The molecule has 13 heteroatoms. The van der Waals surface area contributed by atoms with Crippen molar-refractivity contribution < 1.29 is 49.0 Å². The third-order valence-corrected chi connectivity index (χ3v) is 6.97. The number of carbonyl (C=O) groups excluding carboxylic acids is 1. The predicted octanol–water partition coefficient (Wildman–Crippen LogP) is 8.06. The molecule has 0 saturated heterocycles. The van der Waals surface area contributed by atoms with Gasteiger partial charge in [-0.1, -0.05) is 0 Å². The molecular weight excluding hydrogens is 543 g/mol. The summed E-state index contributed by atoms with van der Waals surface area (Å²) >= 11 is 0. The van der Waals surface area contributed by atoms with Crippen LogP contribution < -0.4 is 10.6 Å². The van der Waals surface area contributed by atoms with Crippen molar-refractivity contribution in [3.8, 4) is 0 Å². The maximum atomic E-state index is 13.6. The van der Waals surface area contributed by atoms with Crippen molar-refractivity contribution in [1.29, 1.82) is 0 Å². The van der Waals surface area contributed by atoms with Crippen molar-refractivity contribution in [2.75, 3.05) is 4.90 Å². The van der Waals surface area contributed by atoms with E-state index in [1.165, 1.54) is 4.90 Å². The number of alkyl halides is 9. The van der Waals surface area contributed by atoms with E-state index in [0.29, 0.717) is 25.0 Å². The molecule has 0 radical (unpaired) electrons. The molecular formula is C26H25F9N2O2. The number of nitrogens with zero attached hydrogens (tertiary/aromatic N) is 1. The second-order valence-corrected chi connectivity index (χ2v) is 10.2. The van der Waals surface area contributed by atoms with Crippen molar-refractivity contribution in [1.82, 2.24) is 0 Å². The number of benzene rings is 2. The standard InChI is InChI=1S/C26H25F9N2O2/c1-12(2)39-23(38)37-20-6-5-15(24(27,28)29)10-18(20)19(11-21(37)13-3-4-13)22(36)14-7-16(25(30,31)32)9-17(8-14)26(33,34)35/h5-10,12-13,19,21-22H,3-4,11,36H2,1-2H3. The molecule has 214 valence electrons. The van der Waals surface area contributed by atoms with Gasteiger partial charge in [-0.25, -0.2) is 4.79 Å². The Morgan fingerprint density at radius 2 is 1.41 bits per heavy atom. The fourth-order valence-electron chi connectivity index (χ4n) is 5.04. The van der Waals surface area contributed by atoms with E-state index >= 15 is 0 Å². The highest BCUT2D eigenvalue weighted by Crippen LogP contribution is 2.52. The molecule has 4 rings (SSSR count). The fourth-order valence-corrected chi connectivity index (χ4v) is 5.04. The lowest BCUT2D eigenvalue weighted by Crippen LogP contribution is -2.48. The molecule has 39 heavy (non-hydrogen) atoms. The fraction of sp³-hybridized carbons (Fsp3) is 0.500. The van der Waals surface area contributed by atoms with E-state index < -0.39 is 71.0 Å². The summed E-state index contributed by atoms with van der Waals surface area (Å²) < 4.78 is 127. The number of hydrogen-bond acceptors (Lipinski definition) is 3. The van der Waals surface area contributed by atoms with Gasteiger partial charge in [0.1, 0.15) is 0 Å². The normalized spacial score (nSPS) is 21.1. The van der Waals surface area contributed by atoms with Gasteiger partial charge in [0, 0.05) is 18.0 Å². The summed E-state index contributed by atoms with van der Waals surface area (Å²) in [5.41, 5.74) is 1.43. The molecule has 1 aliphatic heterocycles. The Bertz CT molecular complexity index is 1200. The Hall–Kier alpha value is -2.96. The minimum absolute atomic E-state index is 0.0280. The number of rotatable bonds is 4. The Balaban J connectivity index is 1.88. The number of anilines is 1. The monoisotopic (exact) mass is 568 g/mol. The van der Waals surface area contributed by atoms with Gasteiger partial charge in [0.2, 0.25) is 0 Å². The second-order valence-electron chi connectivity index (χ2n) is 10.2. The molecule has 1 heterocycles. The van der Waals surface area contributed by atoms with Gasteiger partial charge in [0.15, 0.2) is 0 Å². The van der Waals surface area contributed by atoms with Crippen LogP contribution in [-0.4, -0.2) is 18.2 Å². The summed E-state index contributed by atoms with van der Waals surface area (Å²) in [6.45, 7) is 3.18. The van der Waals surface area contributed by atoms with Gasteiger partial charge in [0.05, 0.1) is 28.5 Å². The first kappa shape index (κ1) is 29.0. The van der Waals surface area contributed by atoms with Crippen LogP contribution >= 0.6 is 0 Å². The summed E-state index contributed by atoms with van der Waals surface area (Å²) in [6.07, 6.45) is -15.2. The number of ether oxygens (including phenoxy) is 1. The van der Waals surface area contributed by atoms with Crippen LogP contribution in [0.15, 0.2) is 36.4 Å². The number of nitrogens with two attached hydrogens (primary N) is 1. The van der Waals surface area contributed by atoms with Crippen molar-refractivity contribution in [2.45, 2.75) is 75.7 Å². The van der Waals surface area contributed by atoms with Crippen LogP contribution in [0.3, 0.4) is 0 Å². The second kappa shape index (κ2) is 9.90. The molecule has 3 atom stereocenters. The number of fused-ring (bicyclic) bond motifs is 1. The van der Waals surface area contributed by atoms with Crippen molar-refractivity contribution in [2.24, 2.45) is 11.7 Å². The highest BCUT2D eigenvalue weighted by molar-refractivity contribution is 5.90. The van der Waals surface area contributed by atoms with E-state index in [4.69, 9.17) is 10.5 Å². The zero-order valence-electron chi connectivity index (χ0n) is 20.7. The number of amides is 1. The third kappa shape index (κ3) is 6.12. The lowest BCUT2D eigenvalue weighted by Gasteiger charge is -2.43. The van der Waals surface area contributed by atoms with Gasteiger partial charge in [-0.05, 0) is 86.6 Å². The molecule has 2 aliphatic rings. The maximum absolute atomic E-state index is 13.6. The van der Waals surface area contributed by atoms with Crippen LogP contribution in [-0.2, 0) is 23.3 Å². The number of carbonyl (C=O) groups is 1. The van der Waals surface area contributed by atoms with E-state index in [9.17, 15) is 44.3 Å². The summed E-state index contributed by atoms with van der Waals surface area (Å²) in [7, 11) is 0. The molecule has 2 aromatic rings. The van der Waals surface area contributed by atoms with Crippen LogP contribution in [0.25, 0.3) is 0 Å². The molecule has 1 fully saturated rings. The zero-order chi connectivity index (χ0) is 29.1. The van der Waals surface area contributed by atoms with Gasteiger partial charge >= 0.3 is 24.6 Å². The van der Waals surface area contributed by atoms with Crippen molar-refractivity contribution in [3.63, 3.8) is 0 Å². The van der Waals surface area contributed by atoms with Crippen molar-refractivity contribution in [3.05, 3.63) is 64.2 Å². The largest absolute Gasteiger partial charge is 0.446 e. The molecule has 0 aromatic heterocycles. The first-order valence-electron chi connectivity index (χ1n) is 12.1. The van der Waals surface area contributed by atoms with Gasteiger partial charge in [-0.15, -0.1) is 0 Å². The van der Waals surface area contributed by atoms with Crippen LogP contribution in [0.5, 0.6) is 0 Å². The van der Waals surface area contributed by atoms with Crippen LogP contribution in [0.2, 0.25) is 0 Å². The predicted molar refractivity (Wildman–Crippen MR) is 123 cm³/mol. The van der Waals surface area contributed by atoms with E-state index in [-0.39, 0.29) is 29.7 Å². The SMILES string of the molecule is CC(C)OC(=O)N1c2ccc(C(F)(F)F)cc2C(C(N)c2cc(C(F)(F)F)cc(C(F)(F)F)c2)CC1C1CC1. The highest BCUT2D eigenvalue weighted by Gasteiger charge is 2.47. The molecule has 0 bridgehead atoms. The Labute approximate surface area is 217 Å². The molecule has 2 N–H and O–H groups in total. The number of halogens is 9. The quantitative estimate of drug-likeness (QED) is 0.380. The molecule has 1 saturated carbocycles. The summed E-state index contributed by atoms with van der Waals surface area (Å²) in [6, 6.07) is 1.35. The molecule has 2 aromatic carbocycles. The smallest absolute Gasteiger partial charge is 0.416 e. The van der Waals surface area contributed by atoms with Gasteiger partial charge in [-0.2, -0.15) is 39.5 Å². The first-order chi connectivity index (χ1) is 17.9. The van der Waals surface area contributed by atoms with Crippen molar-refractivity contribution >= 4 is 11.8 Å². The highest BCUT2D eigenvalue weighted by atomic mass is 19.4. The molecule has 1 amide bonds. The van der Waals surface area contributed by atoms with Crippen LogP contribution in [0.1, 0.15) is 72.9 Å². The molecule has 1 aliphatic carbocycles. The summed E-state index contributed by atoms with van der Waals surface area (Å²) in [5, 5.41) is 0. The van der Waals surface area contributed by atoms with Crippen LogP contribution in [0.4, 0.5) is 50.0 Å². The summed E-state index contributed by atoms with van der Waals surface area (Å²) in [4.78, 5) is 14.3. The third-order valence-electron chi connectivity index (χ3n) is 6.97. The maximum Gasteiger partial charge on any atom is 0.416 e. The van der Waals surface area contributed by atoms with Crippen LogP contribution in [0, 0.1) is 5.92 Å². The minimum Gasteiger partial charge on any atom is -0.446 e. The molecule has 4 nitrogen and oxygen atoms in total. The summed E-state index contributed by atoms with van der Waals surface area (Å²) in [5.74, 6) is -1.21. The lowest BCUT2D eigenvalue weighted by atomic mass is 9.77. The Morgan fingerprint density at radius 1 is 0.872 bits per heavy atom.